The highest BCUT2D eigenvalue weighted by atomic mass is 16.5. The highest BCUT2D eigenvalue weighted by Gasteiger charge is 2.14. The van der Waals surface area contributed by atoms with E-state index in [1.807, 2.05) is 12.1 Å². The van der Waals surface area contributed by atoms with Crippen molar-refractivity contribution in [2.45, 2.75) is 51.2 Å². The molecule has 0 spiro atoms. The number of aliphatic hydroxyl groups excluding tert-OH is 1. The fourth-order valence-corrected chi connectivity index (χ4v) is 3.46. The number of hydrogen-bond acceptors (Lipinski definition) is 5. The van der Waals surface area contributed by atoms with Gasteiger partial charge in [-0.25, -0.2) is 0 Å². The van der Waals surface area contributed by atoms with Crippen LogP contribution in [0.5, 0.6) is 17.2 Å². The van der Waals surface area contributed by atoms with Crippen LogP contribution in [0.3, 0.4) is 0 Å². The zero-order chi connectivity index (χ0) is 20.6. The normalized spacial score (nSPS) is 15.7. The smallest absolute Gasteiger partial charge is 0.248 e. The van der Waals surface area contributed by atoms with Gasteiger partial charge in [-0.1, -0.05) is 25.3 Å². The van der Waals surface area contributed by atoms with Gasteiger partial charge in [-0.2, -0.15) is 0 Å². The Morgan fingerprint density at radius 3 is 2.41 bits per heavy atom. The molecular formula is C23H29NO5. The summed E-state index contributed by atoms with van der Waals surface area (Å²) in [5, 5.41) is 9.94. The highest BCUT2D eigenvalue weighted by Crippen LogP contribution is 2.31. The van der Waals surface area contributed by atoms with Crippen molar-refractivity contribution >= 4 is 5.91 Å². The van der Waals surface area contributed by atoms with E-state index in [1.165, 1.54) is 25.3 Å². The third-order valence-electron chi connectivity index (χ3n) is 5.06. The summed E-state index contributed by atoms with van der Waals surface area (Å²) in [6, 6.07) is 11.9. The van der Waals surface area contributed by atoms with Gasteiger partial charge in [-0.15, -0.1) is 0 Å². The van der Waals surface area contributed by atoms with E-state index in [0.29, 0.717) is 41.9 Å². The molecule has 1 aliphatic rings. The Morgan fingerprint density at radius 1 is 1.07 bits per heavy atom. The Kier molecular flexibility index (Phi) is 7.49. The molecule has 0 saturated heterocycles. The van der Waals surface area contributed by atoms with Crippen LogP contribution in [0, 0.1) is 0 Å². The third kappa shape index (κ3) is 6.21. The average molecular weight is 399 g/mol. The van der Waals surface area contributed by atoms with E-state index in [1.54, 1.807) is 31.2 Å². The van der Waals surface area contributed by atoms with Crippen LogP contribution >= 0.6 is 0 Å². The zero-order valence-corrected chi connectivity index (χ0v) is 16.8. The predicted octanol–water partition coefficient (Wildman–Crippen LogP) is 4.36. The van der Waals surface area contributed by atoms with E-state index >= 15 is 0 Å². The van der Waals surface area contributed by atoms with E-state index in [0.717, 1.165) is 18.6 Å². The molecule has 1 unspecified atom stereocenters. The Bertz CT molecular complexity index is 797. The number of aliphatic hydroxyl groups is 1. The number of hydrogen-bond donors (Lipinski definition) is 2. The Hall–Kier alpha value is -2.57. The van der Waals surface area contributed by atoms with E-state index in [9.17, 15) is 9.90 Å². The monoisotopic (exact) mass is 399 g/mol. The van der Waals surface area contributed by atoms with Gasteiger partial charge in [0.1, 0.15) is 23.9 Å². The SMILES string of the molecule is CC(O)c1ccc(C(N)=O)cc1Oc1ccc(OCCOC2CCCCC2)cc1. The summed E-state index contributed by atoms with van der Waals surface area (Å²) in [5.74, 6) is 1.14. The molecule has 156 valence electrons. The number of carbonyl (C=O) groups excluding carboxylic acids is 1. The van der Waals surface area contributed by atoms with Crippen LogP contribution in [-0.4, -0.2) is 30.3 Å². The number of primary amides is 1. The lowest BCUT2D eigenvalue weighted by Gasteiger charge is -2.21. The van der Waals surface area contributed by atoms with E-state index < -0.39 is 12.0 Å². The van der Waals surface area contributed by atoms with Gasteiger partial charge in [-0.3, -0.25) is 4.79 Å². The van der Waals surface area contributed by atoms with Crippen molar-refractivity contribution in [3.8, 4) is 17.2 Å². The molecule has 6 heteroatoms. The molecule has 1 saturated carbocycles. The molecule has 1 amide bonds. The first-order valence-electron chi connectivity index (χ1n) is 10.2. The molecule has 2 aromatic carbocycles. The lowest BCUT2D eigenvalue weighted by atomic mass is 9.98. The molecule has 1 fully saturated rings. The average Bonchev–Trinajstić information content (AvgIpc) is 2.73. The minimum atomic E-state index is -0.737. The largest absolute Gasteiger partial charge is 0.491 e. The summed E-state index contributed by atoms with van der Waals surface area (Å²) in [5.41, 5.74) is 6.24. The molecule has 1 atom stereocenters. The number of rotatable bonds is 9. The first kappa shape index (κ1) is 21.1. The second kappa shape index (κ2) is 10.3. The summed E-state index contributed by atoms with van der Waals surface area (Å²) < 4.78 is 17.5. The standard InChI is InChI=1S/C23H29NO5/c1-16(25)21-12-7-17(23(24)26)15-22(21)29-20-10-8-19(9-11-20)28-14-13-27-18-5-3-2-4-6-18/h7-12,15-16,18,25H,2-6,13-14H2,1H3,(H2,24,26). The molecule has 0 aliphatic heterocycles. The molecule has 3 rings (SSSR count). The van der Waals surface area contributed by atoms with Gasteiger partial charge >= 0.3 is 0 Å². The Labute approximate surface area is 171 Å². The topological polar surface area (TPSA) is 91.0 Å². The molecule has 1 aliphatic carbocycles. The van der Waals surface area contributed by atoms with Gasteiger partial charge < -0.3 is 25.1 Å². The van der Waals surface area contributed by atoms with Crippen LogP contribution < -0.4 is 15.2 Å². The molecule has 6 nitrogen and oxygen atoms in total. The van der Waals surface area contributed by atoms with Gasteiger partial charge in [-0.05, 0) is 56.2 Å². The lowest BCUT2D eigenvalue weighted by Crippen LogP contribution is -2.19. The van der Waals surface area contributed by atoms with Gasteiger partial charge in [0.25, 0.3) is 0 Å². The molecule has 0 radical (unpaired) electrons. The van der Waals surface area contributed by atoms with Gasteiger partial charge in [0.15, 0.2) is 0 Å². The highest BCUT2D eigenvalue weighted by molar-refractivity contribution is 5.93. The predicted molar refractivity (Wildman–Crippen MR) is 110 cm³/mol. The van der Waals surface area contributed by atoms with Crippen molar-refractivity contribution < 1.29 is 24.1 Å². The number of ether oxygens (including phenoxy) is 3. The van der Waals surface area contributed by atoms with Crippen molar-refractivity contribution in [3.05, 3.63) is 53.6 Å². The van der Waals surface area contributed by atoms with Crippen molar-refractivity contribution in [3.63, 3.8) is 0 Å². The molecule has 3 N–H and O–H groups in total. The molecule has 29 heavy (non-hydrogen) atoms. The van der Waals surface area contributed by atoms with Crippen molar-refractivity contribution in [2.24, 2.45) is 5.73 Å². The number of amides is 1. The summed E-state index contributed by atoms with van der Waals surface area (Å²) >= 11 is 0. The molecule has 0 heterocycles. The summed E-state index contributed by atoms with van der Waals surface area (Å²) in [4.78, 5) is 11.4. The van der Waals surface area contributed by atoms with Crippen LogP contribution in [0.2, 0.25) is 0 Å². The second-order valence-electron chi connectivity index (χ2n) is 7.35. The maximum atomic E-state index is 11.4. The van der Waals surface area contributed by atoms with Crippen molar-refractivity contribution in [1.82, 2.24) is 0 Å². The maximum Gasteiger partial charge on any atom is 0.248 e. The number of benzene rings is 2. The molecule has 2 aromatic rings. The third-order valence-corrected chi connectivity index (χ3v) is 5.06. The van der Waals surface area contributed by atoms with Crippen LogP contribution in [0.4, 0.5) is 0 Å². The quantitative estimate of drug-likeness (QED) is 0.612. The number of carbonyl (C=O) groups is 1. The first-order chi connectivity index (χ1) is 14.0. The van der Waals surface area contributed by atoms with Crippen molar-refractivity contribution in [1.29, 1.82) is 0 Å². The molecular weight excluding hydrogens is 370 g/mol. The Morgan fingerprint density at radius 2 is 1.76 bits per heavy atom. The van der Waals surface area contributed by atoms with Gasteiger partial charge in [0.2, 0.25) is 5.91 Å². The van der Waals surface area contributed by atoms with E-state index in [2.05, 4.69) is 0 Å². The Balaban J connectivity index is 1.55. The van der Waals surface area contributed by atoms with E-state index in [-0.39, 0.29) is 0 Å². The molecule has 0 bridgehead atoms. The van der Waals surface area contributed by atoms with Crippen LogP contribution in [0.15, 0.2) is 42.5 Å². The first-order valence-corrected chi connectivity index (χ1v) is 10.2. The van der Waals surface area contributed by atoms with Crippen LogP contribution in [0.1, 0.15) is 61.1 Å². The van der Waals surface area contributed by atoms with E-state index in [4.69, 9.17) is 19.9 Å². The minimum absolute atomic E-state index is 0.322. The zero-order valence-electron chi connectivity index (χ0n) is 16.8. The van der Waals surface area contributed by atoms with Crippen LogP contribution in [-0.2, 0) is 4.74 Å². The summed E-state index contributed by atoms with van der Waals surface area (Å²) in [7, 11) is 0. The second-order valence-corrected chi connectivity index (χ2v) is 7.35. The number of nitrogens with two attached hydrogens (primary N) is 1. The molecule has 0 aromatic heterocycles. The minimum Gasteiger partial charge on any atom is -0.491 e. The fourth-order valence-electron chi connectivity index (χ4n) is 3.46. The van der Waals surface area contributed by atoms with Crippen LogP contribution in [0.25, 0.3) is 0 Å². The van der Waals surface area contributed by atoms with Gasteiger partial charge in [0.05, 0.1) is 18.8 Å². The fraction of sp³-hybridized carbons (Fsp3) is 0.435. The maximum absolute atomic E-state index is 11.4. The van der Waals surface area contributed by atoms with Crippen molar-refractivity contribution in [2.75, 3.05) is 13.2 Å². The summed E-state index contributed by atoms with van der Waals surface area (Å²) in [6.45, 7) is 2.72. The lowest BCUT2D eigenvalue weighted by molar-refractivity contribution is 0.0129. The summed E-state index contributed by atoms with van der Waals surface area (Å²) in [6.07, 6.45) is 5.77. The van der Waals surface area contributed by atoms with Gasteiger partial charge in [0, 0.05) is 11.1 Å².